The molecule has 2 rings (SSSR count). The van der Waals surface area contributed by atoms with E-state index in [0.29, 0.717) is 5.69 Å². The molecule has 0 aliphatic rings. The molecule has 5 nitrogen and oxygen atoms in total. The number of aromatic nitrogens is 2. The number of nitrogens with zero attached hydrogens (tertiary/aromatic N) is 2. The molecule has 1 aromatic heterocycles. The fraction of sp³-hybridized carbons (Fsp3) is 0.167. The number of rotatable bonds is 3. The Morgan fingerprint density at radius 3 is 2.44 bits per heavy atom. The van der Waals surface area contributed by atoms with Crippen LogP contribution in [0.3, 0.4) is 0 Å². The van der Waals surface area contributed by atoms with Crippen LogP contribution in [-0.4, -0.2) is 24.6 Å². The lowest BCUT2D eigenvalue weighted by molar-refractivity contribution is 0.599. The molecule has 0 fully saturated rings. The van der Waals surface area contributed by atoms with Gasteiger partial charge >= 0.3 is 0 Å². The SMILES string of the molecule is CS(=O)(=O)Cc1nc(N)cc(-c2ccccc2)n1. The lowest BCUT2D eigenvalue weighted by Crippen LogP contribution is -2.07. The van der Waals surface area contributed by atoms with Gasteiger partial charge in [0.05, 0.1) is 5.69 Å². The van der Waals surface area contributed by atoms with E-state index in [2.05, 4.69) is 9.97 Å². The van der Waals surface area contributed by atoms with Crippen LogP contribution in [0.25, 0.3) is 11.3 Å². The summed E-state index contributed by atoms with van der Waals surface area (Å²) in [5.41, 5.74) is 7.17. The first-order chi connectivity index (χ1) is 8.44. The van der Waals surface area contributed by atoms with Gasteiger partial charge in [-0.25, -0.2) is 18.4 Å². The predicted molar refractivity (Wildman–Crippen MR) is 70.4 cm³/mol. The summed E-state index contributed by atoms with van der Waals surface area (Å²) in [6.45, 7) is 0. The second kappa shape index (κ2) is 4.73. The van der Waals surface area contributed by atoms with Gasteiger partial charge in [-0.15, -0.1) is 0 Å². The topological polar surface area (TPSA) is 85.9 Å². The zero-order chi connectivity index (χ0) is 13.2. The number of anilines is 1. The van der Waals surface area contributed by atoms with Gasteiger partial charge in [0.25, 0.3) is 0 Å². The Morgan fingerprint density at radius 2 is 1.83 bits per heavy atom. The van der Waals surface area contributed by atoms with E-state index >= 15 is 0 Å². The molecular weight excluding hydrogens is 250 g/mol. The van der Waals surface area contributed by atoms with Crippen LogP contribution >= 0.6 is 0 Å². The zero-order valence-corrected chi connectivity index (χ0v) is 10.7. The normalized spacial score (nSPS) is 11.4. The molecule has 0 spiro atoms. The van der Waals surface area contributed by atoms with Crippen molar-refractivity contribution in [1.82, 2.24) is 9.97 Å². The highest BCUT2D eigenvalue weighted by atomic mass is 32.2. The number of nitrogen functional groups attached to an aromatic ring is 1. The molecule has 0 amide bonds. The van der Waals surface area contributed by atoms with Gasteiger partial charge < -0.3 is 5.73 Å². The highest BCUT2D eigenvalue weighted by molar-refractivity contribution is 7.89. The zero-order valence-electron chi connectivity index (χ0n) is 9.87. The molecule has 0 bridgehead atoms. The van der Waals surface area contributed by atoms with Crippen LogP contribution in [0, 0.1) is 0 Å². The Kier molecular flexibility index (Phi) is 3.29. The lowest BCUT2D eigenvalue weighted by atomic mass is 10.1. The van der Waals surface area contributed by atoms with Gasteiger partial charge in [-0.3, -0.25) is 0 Å². The summed E-state index contributed by atoms with van der Waals surface area (Å²) >= 11 is 0. The molecule has 0 atom stereocenters. The molecule has 0 unspecified atom stereocenters. The summed E-state index contributed by atoms with van der Waals surface area (Å²) in [7, 11) is -3.17. The predicted octanol–water partition coefficient (Wildman–Crippen LogP) is 1.27. The van der Waals surface area contributed by atoms with Crippen molar-refractivity contribution in [2.24, 2.45) is 0 Å². The molecule has 2 aromatic rings. The Bertz CT molecular complexity index is 654. The van der Waals surface area contributed by atoms with Crippen LogP contribution in [0.1, 0.15) is 5.82 Å². The third kappa shape index (κ3) is 3.27. The molecule has 0 saturated carbocycles. The van der Waals surface area contributed by atoms with Crippen molar-refractivity contribution in [3.8, 4) is 11.3 Å². The number of hydrogen-bond acceptors (Lipinski definition) is 5. The highest BCUT2D eigenvalue weighted by Gasteiger charge is 2.10. The molecule has 0 radical (unpaired) electrons. The molecule has 0 aliphatic heterocycles. The highest BCUT2D eigenvalue weighted by Crippen LogP contribution is 2.18. The van der Waals surface area contributed by atoms with Gasteiger partial charge in [-0.1, -0.05) is 30.3 Å². The molecule has 0 aliphatic carbocycles. The van der Waals surface area contributed by atoms with Crippen molar-refractivity contribution < 1.29 is 8.42 Å². The molecule has 94 valence electrons. The van der Waals surface area contributed by atoms with E-state index in [1.807, 2.05) is 30.3 Å². The monoisotopic (exact) mass is 263 g/mol. The van der Waals surface area contributed by atoms with E-state index < -0.39 is 9.84 Å². The molecule has 2 N–H and O–H groups in total. The lowest BCUT2D eigenvalue weighted by Gasteiger charge is -2.05. The first kappa shape index (κ1) is 12.5. The number of hydrogen-bond donors (Lipinski definition) is 1. The smallest absolute Gasteiger partial charge is 0.154 e. The minimum Gasteiger partial charge on any atom is -0.384 e. The van der Waals surface area contributed by atoms with Crippen LogP contribution < -0.4 is 5.73 Å². The Hall–Kier alpha value is -1.95. The molecule has 18 heavy (non-hydrogen) atoms. The van der Waals surface area contributed by atoms with Crippen molar-refractivity contribution in [2.45, 2.75) is 5.75 Å². The van der Waals surface area contributed by atoms with E-state index in [9.17, 15) is 8.42 Å². The van der Waals surface area contributed by atoms with Crippen molar-refractivity contribution in [3.63, 3.8) is 0 Å². The quantitative estimate of drug-likeness (QED) is 0.901. The number of sulfone groups is 1. The fourth-order valence-corrected chi connectivity index (χ4v) is 2.17. The van der Waals surface area contributed by atoms with Gasteiger partial charge in [0.15, 0.2) is 9.84 Å². The molecule has 1 aromatic carbocycles. The minimum absolute atomic E-state index is 0.210. The van der Waals surface area contributed by atoms with E-state index in [-0.39, 0.29) is 17.4 Å². The van der Waals surface area contributed by atoms with Gasteiger partial charge in [0, 0.05) is 17.9 Å². The van der Waals surface area contributed by atoms with Crippen molar-refractivity contribution in [1.29, 1.82) is 0 Å². The molecule has 6 heteroatoms. The summed E-state index contributed by atoms with van der Waals surface area (Å²) in [6.07, 6.45) is 1.14. The third-order valence-corrected chi connectivity index (χ3v) is 3.04. The number of benzene rings is 1. The van der Waals surface area contributed by atoms with Crippen LogP contribution in [0.4, 0.5) is 5.82 Å². The number of nitrogens with two attached hydrogens (primary N) is 1. The van der Waals surface area contributed by atoms with Crippen molar-refractivity contribution in [2.75, 3.05) is 12.0 Å². The van der Waals surface area contributed by atoms with Gasteiger partial charge in [0.1, 0.15) is 17.4 Å². The maximum atomic E-state index is 11.2. The second-order valence-corrected chi connectivity index (χ2v) is 6.17. The van der Waals surface area contributed by atoms with Crippen LogP contribution in [0.15, 0.2) is 36.4 Å². The van der Waals surface area contributed by atoms with Gasteiger partial charge in [-0.05, 0) is 0 Å². The van der Waals surface area contributed by atoms with Crippen molar-refractivity contribution in [3.05, 3.63) is 42.2 Å². The first-order valence-corrected chi connectivity index (χ1v) is 7.37. The maximum absolute atomic E-state index is 11.2. The van der Waals surface area contributed by atoms with Crippen LogP contribution in [0.5, 0.6) is 0 Å². The third-order valence-electron chi connectivity index (χ3n) is 2.25. The van der Waals surface area contributed by atoms with E-state index in [4.69, 9.17) is 5.73 Å². The molecular formula is C12H13N3O2S. The fourth-order valence-electron chi connectivity index (χ4n) is 1.57. The van der Waals surface area contributed by atoms with Gasteiger partial charge in [0.2, 0.25) is 0 Å². The second-order valence-electron chi connectivity index (χ2n) is 4.03. The summed E-state index contributed by atoms with van der Waals surface area (Å²) in [5.74, 6) is 0.275. The summed E-state index contributed by atoms with van der Waals surface area (Å²) in [5, 5.41) is 0. The minimum atomic E-state index is -3.17. The average Bonchev–Trinajstić information content (AvgIpc) is 2.27. The van der Waals surface area contributed by atoms with E-state index in [0.717, 1.165) is 11.8 Å². The van der Waals surface area contributed by atoms with Crippen LogP contribution in [0.2, 0.25) is 0 Å². The van der Waals surface area contributed by atoms with E-state index in [1.54, 1.807) is 6.07 Å². The van der Waals surface area contributed by atoms with Crippen LogP contribution in [-0.2, 0) is 15.6 Å². The molecule has 1 heterocycles. The van der Waals surface area contributed by atoms with Crippen molar-refractivity contribution >= 4 is 15.7 Å². The van der Waals surface area contributed by atoms with Gasteiger partial charge in [-0.2, -0.15) is 0 Å². The molecule has 0 saturated heterocycles. The average molecular weight is 263 g/mol. The Morgan fingerprint density at radius 1 is 1.17 bits per heavy atom. The Labute approximate surface area is 106 Å². The maximum Gasteiger partial charge on any atom is 0.154 e. The summed E-state index contributed by atoms with van der Waals surface area (Å²) in [4.78, 5) is 8.15. The Balaban J connectivity index is 2.45. The largest absolute Gasteiger partial charge is 0.384 e. The first-order valence-electron chi connectivity index (χ1n) is 5.30. The van der Waals surface area contributed by atoms with E-state index in [1.165, 1.54) is 0 Å². The summed E-state index contributed by atoms with van der Waals surface area (Å²) < 4.78 is 22.5. The standard InChI is InChI=1S/C12H13N3O2S/c1-18(16,17)8-12-14-10(7-11(13)15-12)9-5-3-2-4-6-9/h2-7H,8H2,1H3,(H2,13,14,15). The summed E-state index contributed by atoms with van der Waals surface area (Å²) in [6, 6.07) is 11.0.